The minimum atomic E-state index is -0.500. The van der Waals surface area contributed by atoms with E-state index in [0.29, 0.717) is 28.2 Å². The van der Waals surface area contributed by atoms with Crippen LogP contribution in [-0.4, -0.2) is 33.0 Å². The third kappa shape index (κ3) is 5.02. The number of H-pyrrole nitrogens is 1. The van der Waals surface area contributed by atoms with Crippen molar-refractivity contribution in [2.24, 2.45) is 0 Å². The van der Waals surface area contributed by atoms with Crippen LogP contribution in [0.5, 0.6) is 5.75 Å². The lowest BCUT2D eigenvalue weighted by Crippen LogP contribution is -2.24. The first-order valence-electron chi connectivity index (χ1n) is 8.90. The number of thioether (sulfide) groups is 1. The summed E-state index contributed by atoms with van der Waals surface area (Å²) in [6, 6.07) is 13.0. The van der Waals surface area contributed by atoms with Gasteiger partial charge in [0.25, 0.3) is 0 Å². The monoisotopic (exact) mass is 432 g/mol. The minimum absolute atomic E-state index is 0.239. The molecule has 9 heteroatoms. The van der Waals surface area contributed by atoms with Crippen LogP contribution in [0, 0.1) is 6.92 Å². The fraction of sp³-hybridized carbons (Fsp3) is 0.250. The molecule has 0 unspecified atom stereocenters. The molecule has 0 saturated carbocycles. The second-order valence-electron chi connectivity index (χ2n) is 6.43. The van der Waals surface area contributed by atoms with Gasteiger partial charge in [0.1, 0.15) is 5.75 Å². The van der Waals surface area contributed by atoms with E-state index in [9.17, 15) is 9.59 Å². The van der Waals surface area contributed by atoms with E-state index in [1.54, 1.807) is 19.1 Å². The zero-order chi connectivity index (χ0) is 21.0. The van der Waals surface area contributed by atoms with Crippen molar-refractivity contribution in [3.05, 3.63) is 69.1 Å². The summed E-state index contributed by atoms with van der Waals surface area (Å²) >= 11 is 7.32. The highest BCUT2D eigenvalue weighted by molar-refractivity contribution is 8.00. The maximum absolute atomic E-state index is 12.7. The largest absolute Gasteiger partial charge is 0.495 e. The summed E-state index contributed by atoms with van der Waals surface area (Å²) in [7, 11) is 1.51. The van der Waals surface area contributed by atoms with Crippen LogP contribution in [0.15, 0.2) is 52.4 Å². The number of carbonyl (C=O) groups excluding carboxylic acids is 1. The topological polar surface area (TPSA) is 89.0 Å². The highest BCUT2D eigenvalue weighted by Gasteiger charge is 2.21. The SMILES string of the molecule is COc1cc(Cl)c(C)cc1NC(=O)[C@@H](C)Sc1n[nH]c(=O)n1Cc1ccccc1. The normalized spacial score (nSPS) is 11.9. The molecule has 0 saturated heterocycles. The molecule has 152 valence electrons. The lowest BCUT2D eigenvalue weighted by Gasteiger charge is -2.15. The Morgan fingerprint density at radius 3 is 2.76 bits per heavy atom. The molecule has 7 nitrogen and oxygen atoms in total. The second-order valence-corrected chi connectivity index (χ2v) is 8.15. The highest BCUT2D eigenvalue weighted by atomic mass is 35.5. The standard InChI is InChI=1S/C20H21ClN4O3S/c1-12-9-16(17(28-3)10-15(12)21)22-18(26)13(2)29-20-24-23-19(27)25(20)11-14-7-5-4-6-8-14/h4-10,13H,11H2,1-3H3,(H,22,26)(H,23,27)/t13-/m1/s1. The Morgan fingerprint density at radius 1 is 1.34 bits per heavy atom. The number of rotatable bonds is 7. The second kappa shape index (κ2) is 9.19. The van der Waals surface area contributed by atoms with Crippen LogP contribution in [0.1, 0.15) is 18.1 Å². The summed E-state index contributed by atoms with van der Waals surface area (Å²) in [6.07, 6.45) is 0. The summed E-state index contributed by atoms with van der Waals surface area (Å²) in [5, 5.41) is 9.88. The van der Waals surface area contributed by atoms with Crippen LogP contribution in [0.25, 0.3) is 0 Å². The fourth-order valence-corrected chi connectivity index (χ4v) is 3.68. The Bertz CT molecular complexity index is 1070. The average molecular weight is 433 g/mol. The van der Waals surface area contributed by atoms with Gasteiger partial charge in [0.05, 0.1) is 24.6 Å². The number of aryl methyl sites for hydroxylation is 1. The Labute approximate surface area is 177 Å². The predicted octanol–water partition coefficient (Wildman–Crippen LogP) is 3.71. The van der Waals surface area contributed by atoms with Crippen molar-refractivity contribution in [1.82, 2.24) is 14.8 Å². The Morgan fingerprint density at radius 2 is 2.07 bits per heavy atom. The number of ether oxygens (including phenoxy) is 1. The number of nitrogens with one attached hydrogen (secondary N) is 2. The summed E-state index contributed by atoms with van der Waals surface area (Å²) in [5.41, 5.74) is 2.01. The van der Waals surface area contributed by atoms with E-state index in [2.05, 4.69) is 15.5 Å². The molecule has 3 aromatic rings. The van der Waals surface area contributed by atoms with Gasteiger partial charge in [-0.15, -0.1) is 5.10 Å². The van der Waals surface area contributed by atoms with Crippen LogP contribution < -0.4 is 15.7 Å². The van der Waals surface area contributed by atoms with Crippen molar-refractivity contribution in [3.8, 4) is 5.75 Å². The molecular weight excluding hydrogens is 412 g/mol. The van der Waals surface area contributed by atoms with Gasteiger partial charge in [-0.3, -0.25) is 9.36 Å². The number of aromatic amines is 1. The molecule has 0 spiro atoms. The summed E-state index contributed by atoms with van der Waals surface area (Å²) in [4.78, 5) is 24.9. The van der Waals surface area contributed by atoms with E-state index in [0.717, 1.165) is 11.1 Å². The van der Waals surface area contributed by atoms with Crippen LogP contribution in [0.4, 0.5) is 5.69 Å². The van der Waals surface area contributed by atoms with E-state index < -0.39 is 5.25 Å². The maximum Gasteiger partial charge on any atom is 0.344 e. The first-order chi connectivity index (χ1) is 13.9. The highest BCUT2D eigenvalue weighted by Crippen LogP contribution is 2.32. The first-order valence-corrected chi connectivity index (χ1v) is 10.2. The van der Waals surface area contributed by atoms with Gasteiger partial charge in [0.2, 0.25) is 5.91 Å². The van der Waals surface area contributed by atoms with Crippen LogP contribution in [0.2, 0.25) is 5.02 Å². The molecular formula is C20H21ClN4O3S. The van der Waals surface area contributed by atoms with Gasteiger partial charge in [-0.1, -0.05) is 53.7 Å². The fourth-order valence-electron chi connectivity index (χ4n) is 2.67. The number of benzene rings is 2. The van der Waals surface area contributed by atoms with E-state index >= 15 is 0 Å². The van der Waals surface area contributed by atoms with E-state index in [1.807, 2.05) is 37.3 Å². The van der Waals surface area contributed by atoms with E-state index in [1.165, 1.54) is 23.4 Å². The third-order valence-electron chi connectivity index (χ3n) is 4.30. The molecule has 0 radical (unpaired) electrons. The van der Waals surface area contributed by atoms with Crippen LogP contribution in [0.3, 0.4) is 0 Å². The van der Waals surface area contributed by atoms with Gasteiger partial charge in [-0.25, -0.2) is 9.89 Å². The molecule has 1 aromatic heterocycles. The van der Waals surface area contributed by atoms with Gasteiger partial charge in [-0.05, 0) is 31.0 Å². The van der Waals surface area contributed by atoms with Crippen molar-refractivity contribution in [2.45, 2.75) is 30.8 Å². The van der Waals surface area contributed by atoms with Gasteiger partial charge >= 0.3 is 5.69 Å². The van der Waals surface area contributed by atoms with Crippen LogP contribution in [-0.2, 0) is 11.3 Å². The lowest BCUT2D eigenvalue weighted by molar-refractivity contribution is -0.115. The van der Waals surface area contributed by atoms with Crippen molar-refractivity contribution in [3.63, 3.8) is 0 Å². The summed E-state index contributed by atoms with van der Waals surface area (Å²) in [6.45, 7) is 3.97. The van der Waals surface area contributed by atoms with Crippen molar-refractivity contribution in [1.29, 1.82) is 0 Å². The number of halogens is 1. The Kier molecular flexibility index (Phi) is 6.66. The quantitative estimate of drug-likeness (QED) is 0.555. The lowest BCUT2D eigenvalue weighted by atomic mass is 10.2. The predicted molar refractivity (Wildman–Crippen MR) is 115 cm³/mol. The number of hydrogen-bond donors (Lipinski definition) is 2. The van der Waals surface area contributed by atoms with Crippen molar-refractivity contribution in [2.75, 3.05) is 12.4 Å². The molecule has 3 rings (SSSR count). The van der Waals surface area contributed by atoms with Gasteiger partial charge in [0, 0.05) is 11.1 Å². The van der Waals surface area contributed by atoms with Crippen molar-refractivity contribution < 1.29 is 9.53 Å². The number of methoxy groups -OCH3 is 1. The van der Waals surface area contributed by atoms with Gasteiger partial charge < -0.3 is 10.1 Å². The third-order valence-corrected chi connectivity index (χ3v) is 5.79. The van der Waals surface area contributed by atoms with E-state index in [4.69, 9.17) is 16.3 Å². The number of anilines is 1. The Hall–Kier alpha value is -2.71. The number of aromatic nitrogens is 3. The first kappa shape index (κ1) is 21.0. The molecule has 1 amide bonds. The molecule has 29 heavy (non-hydrogen) atoms. The summed E-state index contributed by atoms with van der Waals surface area (Å²) in [5.74, 6) is 0.239. The molecule has 2 aromatic carbocycles. The zero-order valence-corrected chi connectivity index (χ0v) is 17.8. The molecule has 0 bridgehead atoms. The minimum Gasteiger partial charge on any atom is -0.495 e. The number of carbonyl (C=O) groups is 1. The van der Waals surface area contributed by atoms with Crippen LogP contribution >= 0.6 is 23.4 Å². The summed E-state index contributed by atoms with van der Waals surface area (Å²) < 4.78 is 6.81. The Balaban J connectivity index is 1.74. The maximum atomic E-state index is 12.7. The molecule has 1 atom stereocenters. The molecule has 2 N–H and O–H groups in total. The smallest absolute Gasteiger partial charge is 0.344 e. The molecule has 0 aliphatic carbocycles. The van der Waals surface area contributed by atoms with Gasteiger partial charge in [0.15, 0.2) is 5.16 Å². The zero-order valence-electron chi connectivity index (χ0n) is 16.2. The van der Waals surface area contributed by atoms with Gasteiger partial charge in [-0.2, -0.15) is 0 Å². The van der Waals surface area contributed by atoms with E-state index in [-0.39, 0.29) is 11.6 Å². The number of hydrogen-bond acceptors (Lipinski definition) is 5. The molecule has 0 fully saturated rings. The molecule has 0 aliphatic rings. The molecule has 1 heterocycles. The average Bonchev–Trinajstić information content (AvgIpc) is 3.04. The van der Waals surface area contributed by atoms with Crippen molar-refractivity contribution >= 4 is 35.0 Å². The molecule has 0 aliphatic heterocycles. The number of nitrogens with zero attached hydrogens (tertiary/aromatic N) is 2. The number of amides is 1.